The maximum atomic E-state index is 12.0. The summed E-state index contributed by atoms with van der Waals surface area (Å²) in [6.45, 7) is 2.18. The molecule has 0 fully saturated rings. The molecule has 0 aliphatic heterocycles. The van der Waals surface area contributed by atoms with Crippen molar-refractivity contribution in [2.24, 2.45) is 0 Å². The number of aromatic nitrogens is 1. The minimum atomic E-state index is -0.292. The second kappa shape index (κ2) is 7.71. The monoisotopic (exact) mass is 323 g/mol. The zero-order valence-corrected chi connectivity index (χ0v) is 12.9. The zero-order chi connectivity index (χ0) is 15.9. The quantitative estimate of drug-likeness (QED) is 0.667. The first kappa shape index (κ1) is 16.2. The lowest BCUT2D eigenvalue weighted by atomic mass is 10.2. The van der Waals surface area contributed by atoms with E-state index in [1.807, 2.05) is 0 Å². The molecule has 2 aromatic rings. The molecule has 0 aliphatic rings. The van der Waals surface area contributed by atoms with Crippen LogP contribution in [-0.2, 0) is 11.2 Å². The number of aryl methyl sites for hydroxylation is 1. The summed E-state index contributed by atoms with van der Waals surface area (Å²) in [5.41, 5.74) is 1.05. The Labute approximate surface area is 131 Å². The van der Waals surface area contributed by atoms with Crippen LogP contribution >= 0.6 is 11.3 Å². The van der Waals surface area contributed by atoms with Crippen LogP contribution < -0.4 is 10.6 Å². The molecule has 118 valence electrons. The first-order valence-corrected chi connectivity index (χ1v) is 7.65. The number of carbonyl (C=O) groups is 2. The summed E-state index contributed by atoms with van der Waals surface area (Å²) in [5.74, 6) is 0.0828. The summed E-state index contributed by atoms with van der Waals surface area (Å²) >= 11 is 1.26. The summed E-state index contributed by atoms with van der Waals surface area (Å²) < 4.78 is 5.08. The summed E-state index contributed by atoms with van der Waals surface area (Å²) in [6.07, 6.45) is 2.12. The number of amides is 2. The van der Waals surface area contributed by atoms with Crippen LogP contribution in [0.3, 0.4) is 0 Å². The van der Waals surface area contributed by atoms with E-state index in [0.717, 1.165) is 0 Å². The molecule has 3 N–H and O–H groups in total. The first-order valence-electron chi connectivity index (χ1n) is 6.77. The van der Waals surface area contributed by atoms with Gasteiger partial charge in [0.05, 0.1) is 23.9 Å². The number of carbonyl (C=O) groups excluding carboxylic acids is 2. The standard InChI is InChI=1S/C14H17N3O4S/c1-9-11(3-6-21-9)13(20)17-14-16-10(8-22-14)7-12(19)15-4-2-5-18/h3,6,8,18H,2,4-5,7H2,1H3,(H,15,19)(H,16,17,20). The van der Waals surface area contributed by atoms with Crippen LogP contribution in [0, 0.1) is 6.92 Å². The van der Waals surface area contributed by atoms with E-state index in [-0.39, 0.29) is 24.8 Å². The number of furan rings is 1. The molecule has 2 aromatic heterocycles. The molecule has 7 nitrogen and oxygen atoms in total. The number of hydrogen-bond donors (Lipinski definition) is 3. The van der Waals surface area contributed by atoms with Gasteiger partial charge in [0.1, 0.15) is 5.76 Å². The van der Waals surface area contributed by atoms with Gasteiger partial charge < -0.3 is 14.8 Å². The lowest BCUT2D eigenvalue weighted by molar-refractivity contribution is -0.120. The molecule has 0 saturated carbocycles. The van der Waals surface area contributed by atoms with E-state index >= 15 is 0 Å². The van der Waals surface area contributed by atoms with E-state index in [9.17, 15) is 9.59 Å². The fourth-order valence-electron chi connectivity index (χ4n) is 1.76. The van der Waals surface area contributed by atoms with Gasteiger partial charge in [0, 0.05) is 18.5 Å². The molecule has 2 rings (SSSR count). The lowest BCUT2D eigenvalue weighted by Crippen LogP contribution is -2.26. The van der Waals surface area contributed by atoms with Crippen molar-refractivity contribution in [3.63, 3.8) is 0 Å². The number of thiazole rings is 1. The van der Waals surface area contributed by atoms with Crippen molar-refractivity contribution in [2.75, 3.05) is 18.5 Å². The highest BCUT2D eigenvalue weighted by Crippen LogP contribution is 2.18. The third-order valence-corrected chi connectivity index (χ3v) is 3.68. The Morgan fingerprint density at radius 2 is 2.27 bits per heavy atom. The number of nitrogens with one attached hydrogen (secondary N) is 2. The van der Waals surface area contributed by atoms with Crippen LogP contribution in [0.5, 0.6) is 0 Å². The van der Waals surface area contributed by atoms with Crippen LogP contribution in [0.4, 0.5) is 5.13 Å². The van der Waals surface area contributed by atoms with Crippen LogP contribution in [0.25, 0.3) is 0 Å². The first-order chi connectivity index (χ1) is 10.6. The maximum absolute atomic E-state index is 12.0. The van der Waals surface area contributed by atoms with Gasteiger partial charge >= 0.3 is 0 Å². The van der Waals surface area contributed by atoms with Crippen molar-refractivity contribution in [3.05, 3.63) is 34.7 Å². The van der Waals surface area contributed by atoms with Crippen LogP contribution in [0.1, 0.15) is 28.2 Å². The third-order valence-electron chi connectivity index (χ3n) is 2.87. The molecule has 0 spiro atoms. The summed E-state index contributed by atoms with van der Waals surface area (Å²) in [7, 11) is 0. The average molecular weight is 323 g/mol. The predicted molar refractivity (Wildman–Crippen MR) is 81.9 cm³/mol. The van der Waals surface area contributed by atoms with Gasteiger partial charge in [-0.1, -0.05) is 0 Å². The van der Waals surface area contributed by atoms with Gasteiger partial charge in [-0.25, -0.2) is 4.98 Å². The minimum Gasteiger partial charge on any atom is -0.469 e. The maximum Gasteiger partial charge on any atom is 0.260 e. The summed E-state index contributed by atoms with van der Waals surface area (Å²) in [6, 6.07) is 1.59. The van der Waals surface area contributed by atoms with Crippen molar-refractivity contribution in [3.8, 4) is 0 Å². The Balaban J connectivity index is 1.87. The smallest absolute Gasteiger partial charge is 0.260 e. The molecule has 0 aromatic carbocycles. The van der Waals surface area contributed by atoms with Crippen molar-refractivity contribution in [1.29, 1.82) is 0 Å². The Hall–Kier alpha value is -2.19. The van der Waals surface area contributed by atoms with Crippen molar-refractivity contribution in [1.82, 2.24) is 10.3 Å². The van der Waals surface area contributed by atoms with Gasteiger partial charge in [-0.05, 0) is 19.4 Å². The zero-order valence-electron chi connectivity index (χ0n) is 12.1. The molecule has 2 heterocycles. The Morgan fingerprint density at radius 3 is 2.95 bits per heavy atom. The normalized spacial score (nSPS) is 10.5. The number of aliphatic hydroxyl groups excluding tert-OH is 1. The third kappa shape index (κ3) is 4.40. The van der Waals surface area contributed by atoms with Crippen LogP contribution in [0.2, 0.25) is 0 Å². The molecule has 0 saturated heterocycles. The molecule has 8 heteroatoms. The van der Waals surface area contributed by atoms with Crippen molar-refractivity contribution >= 4 is 28.3 Å². The molecule has 0 radical (unpaired) electrons. The largest absolute Gasteiger partial charge is 0.469 e. The van der Waals surface area contributed by atoms with Gasteiger partial charge in [0.15, 0.2) is 5.13 Å². The van der Waals surface area contributed by atoms with Crippen LogP contribution in [0.15, 0.2) is 22.1 Å². The van der Waals surface area contributed by atoms with Gasteiger partial charge in [-0.15, -0.1) is 11.3 Å². The molecule has 2 amide bonds. The van der Waals surface area contributed by atoms with E-state index in [1.54, 1.807) is 18.4 Å². The van der Waals surface area contributed by atoms with E-state index in [0.29, 0.717) is 35.1 Å². The lowest BCUT2D eigenvalue weighted by Gasteiger charge is -2.02. The van der Waals surface area contributed by atoms with Gasteiger partial charge in [0.25, 0.3) is 5.91 Å². The second-order valence-corrected chi connectivity index (χ2v) is 5.45. The topological polar surface area (TPSA) is 104 Å². The predicted octanol–water partition coefficient (Wildman–Crippen LogP) is 1.34. The second-order valence-electron chi connectivity index (χ2n) is 4.59. The van der Waals surface area contributed by atoms with Gasteiger partial charge in [0.2, 0.25) is 5.91 Å². The number of nitrogens with zero attached hydrogens (tertiary/aromatic N) is 1. The number of rotatable bonds is 7. The molecule has 0 bridgehead atoms. The highest BCUT2D eigenvalue weighted by Gasteiger charge is 2.14. The van der Waals surface area contributed by atoms with Gasteiger partial charge in [-0.3, -0.25) is 14.9 Å². The highest BCUT2D eigenvalue weighted by atomic mass is 32.1. The summed E-state index contributed by atoms with van der Waals surface area (Å²) in [4.78, 5) is 27.8. The fourth-order valence-corrected chi connectivity index (χ4v) is 2.47. The molecule has 22 heavy (non-hydrogen) atoms. The van der Waals surface area contributed by atoms with E-state index in [1.165, 1.54) is 17.6 Å². The average Bonchev–Trinajstić information content (AvgIpc) is 3.08. The fraction of sp³-hybridized carbons (Fsp3) is 0.357. The molecular formula is C14H17N3O4S. The Bertz CT molecular complexity index is 650. The Kier molecular flexibility index (Phi) is 5.68. The molecule has 0 aliphatic carbocycles. The Morgan fingerprint density at radius 1 is 1.45 bits per heavy atom. The van der Waals surface area contributed by atoms with Crippen molar-refractivity contribution in [2.45, 2.75) is 19.8 Å². The number of anilines is 1. The van der Waals surface area contributed by atoms with Gasteiger partial charge in [-0.2, -0.15) is 0 Å². The summed E-state index contributed by atoms with van der Waals surface area (Å²) in [5, 5.41) is 16.2. The van der Waals surface area contributed by atoms with E-state index < -0.39 is 0 Å². The van der Waals surface area contributed by atoms with E-state index in [2.05, 4.69) is 15.6 Å². The highest BCUT2D eigenvalue weighted by molar-refractivity contribution is 7.14. The molecule has 0 unspecified atom stereocenters. The number of aliphatic hydroxyl groups is 1. The SMILES string of the molecule is Cc1occc1C(=O)Nc1nc(CC(=O)NCCCO)cs1. The molecule has 0 atom stereocenters. The van der Waals surface area contributed by atoms with E-state index in [4.69, 9.17) is 9.52 Å². The minimum absolute atomic E-state index is 0.0423. The van der Waals surface area contributed by atoms with Crippen molar-refractivity contribution < 1.29 is 19.1 Å². The number of hydrogen-bond acceptors (Lipinski definition) is 6. The van der Waals surface area contributed by atoms with Crippen LogP contribution in [-0.4, -0.2) is 35.1 Å². The molecular weight excluding hydrogens is 306 g/mol.